The number of rotatable bonds is 5. The van der Waals surface area contributed by atoms with E-state index in [0.29, 0.717) is 0 Å². The summed E-state index contributed by atoms with van der Waals surface area (Å²) in [5.74, 6) is 4.83. The van der Waals surface area contributed by atoms with Crippen LogP contribution in [0.4, 0.5) is 4.39 Å². The zero-order valence-electron chi connectivity index (χ0n) is 16.7. The van der Waals surface area contributed by atoms with Gasteiger partial charge < -0.3 is 0 Å². The molecule has 3 aliphatic rings. The third kappa shape index (κ3) is 4.18. The Kier molecular flexibility index (Phi) is 6.01. The van der Waals surface area contributed by atoms with Crippen LogP contribution in [0.2, 0.25) is 0 Å². The first kappa shape index (κ1) is 18.5. The van der Waals surface area contributed by atoms with E-state index in [2.05, 4.69) is 13.0 Å². The van der Waals surface area contributed by atoms with Gasteiger partial charge in [-0.3, -0.25) is 0 Å². The average Bonchev–Trinajstić information content (AvgIpc) is 2.67. The first-order chi connectivity index (χ1) is 12.7. The van der Waals surface area contributed by atoms with Crippen molar-refractivity contribution in [1.29, 1.82) is 0 Å². The molecule has 5 unspecified atom stereocenters. The molecule has 3 aliphatic carbocycles. The molecule has 1 aromatic carbocycles. The Bertz CT molecular complexity index is 592. The summed E-state index contributed by atoms with van der Waals surface area (Å²) in [6.07, 6.45) is 18.3. The van der Waals surface area contributed by atoms with Crippen LogP contribution in [0, 0.1) is 35.4 Å². The fraction of sp³-hybridized carbons (Fsp3) is 0.760. The number of fused-ring (bicyclic) bond motifs is 2. The molecule has 0 nitrogen and oxygen atoms in total. The number of benzene rings is 1. The summed E-state index contributed by atoms with van der Waals surface area (Å²) in [4.78, 5) is 0. The van der Waals surface area contributed by atoms with Crippen molar-refractivity contribution in [3.63, 3.8) is 0 Å². The van der Waals surface area contributed by atoms with Gasteiger partial charge in [0.2, 0.25) is 0 Å². The molecule has 26 heavy (non-hydrogen) atoms. The molecule has 0 N–H and O–H groups in total. The molecular weight excluding hydrogens is 319 g/mol. The lowest BCUT2D eigenvalue weighted by Gasteiger charge is -2.45. The van der Waals surface area contributed by atoms with Crippen LogP contribution < -0.4 is 0 Å². The standard InChI is InChI=1S/C25H37F/c1-2-3-4-5-18-6-7-20-15-21(9-8-19(20)14-18)22-10-11-24-17-25(26)13-12-23(24)16-22/h12-13,17-22H,2-11,14-16H2,1H3. The quantitative estimate of drug-likeness (QED) is 0.484. The van der Waals surface area contributed by atoms with Crippen molar-refractivity contribution in [2.75, 3.05) is 0 Å². The van der Waals surface area contributed by atoms with Gasteiger partial charge in [-0.2, -0.15) is 0 Å². The van der Waals surface area contributed by atoms with Crippen LogP contribution in [0.3, 0.4) is 0 Å². The molecule has 2 saturated carbocycles. The highest BCUT2D eigenvalue weighted by Gasteiger charge is 2.38. The molecule has 4 rings (SSSR count). The van der Waals surface area contributed by atoms with E-state index in [9.17, 15) is 4.39 Å². The Balaban J connectivity index is 1.30. The van der Waals surface area contributed by atoms with Crippen molar-refractivity contribution in [3.8, 4) is 0 Å². The van der Waals surface area contributed by atoms with Gasteiger partial charge in [-0.1, -0.05) is 45.1 Å². The van der Waals surface area contributed by atoms with E-state index < -0.39 is 0 Å². The first-order valence-electron chi connectivity index (χ1n) is 11.5. The van der Waals surface area contributed by atoms with Crippen LogP contribution in [-0.2, 0) is 12.8 Å². The topological polar surface area (TPSA) is 0 Å². The number of unbranched alkanes of at least 4 members (excludes halogenated alkanes) is 2. The van der Waals surface area contributed by atoms with Gasteiger partial charge in [0.15, 0.2) is 0 Å². The maximum Gasteiger partial charge on any atom is 0.123 e. The van der Waals surface area contributed by atoms with Crippen LogP contribution in [0.1, 0.15) is 88.7 Å². The van der Waals surface area contributed by atoms with Crippen LogP contribution in [0.15, 0.2) is 18.2 Å². The molecule has 1 heteroatoms. The van der Waals surface area contributed by atoms with E-state index >= 15 is 0 Å². The van der Waals surface area contributed by atoms with Crippen molar-refractivity contribution in [1.82, 2.24) is 0 Å². The first-order valence-corrected chi connectivity index (χ1v) is 11.5. The van der Waals surface area contributed by atoms with Gasteiger partial charge in [0.05, 0.1) is 0 Å². The molecule has 0 radical (unpaired) electrons. The second-order valence-corrected chi connectivity index (χ2v) is 9.68. The van der Waals surface area contributed by atoms with E-state index in [4.69, 9.17) is 0 Å². The smallest absolute Gasteiger partial charge is 0.123 e. The average molecular weight is 357 g/mol. The minimum absolute atomic E-state index is 0.0570. The van der Waals surface area contributed by atoms with Gasteiger partial charge in [0, 0.05) is 0 Å². The SMILES string of the molecule is CCCCCC1CCC2CC(C3CCc4cc(F)ccc4C3)CCC2C1. The monoisotopic (exact) mass is 356 g/mol. The Morgan fingerprint density at radius 3 is 2.46 bits per heavy atom. The van der Waals surface area contributed by atoms with Crippen molar-refractivity contribution in [3.05, 3.63) is 35.1 Å². The zero-order valence-corrected chi connectivity index (χ0v) is 16.7. The van der Waals surface area contributed by atoms with E-state index in [0.717, 1.165) is 36.0 Å². The van der Waals surface area contributed by atoms with Gasteiger partial charge in [-0.25, -0.2) is 4.39 Å². The number of hydrogen-bond donors (Lipinski definition) is 0. The molecule has 0 saturated heterocycles. The van der Waals surface area contributed by atoms with E-state index in [-0.39, 0.29) is 5.82 Å². The van der Waals surface area contributed by atoms with Crippen molar-refractivity contribution in [2.45, 2.75) is 90.4 Å². The zero-order chi connectivity index (χ0) is 17.9. The minimum Gasteiger partial charge on any atom is -0.207 e. The molecule has 0 amide bonds. The molecule has 5 atom stereocenters. The predicted molar refractivity (Wildman–Crippen MR) is 108 cm³/mol. The molecule has 144 valence electrons. The predicted octanol–water partition coefficient (Wildman–Crippen LogP) is 7.34. The van der Waals surface area contributed by atoms with Gasteiger partial charge in [0.1, 0.15) is 5.82 Å². The lowest BCUT2D eigenvalue weighted by Crippen LogP contribution is -2.35. The van der Waals surface area contributed by atoms with Crippen molar-refractivity contribution in [2.24, 2.45) is 29.6 Å². The number of aryl methyl sites for hydroxylation is 1. The fourth-order valence-electron chi connectivity index (χ4n) is 6.55. The van der Waals surface area contributed by atoms with Crippen LogP contribution in [0.25, 0.3) is 0 Å². The Morgan fingerprint density at radius 1 is 0.846 bits per heavy atom. The van der Waals surface area contributed by atoms with Gasteiger partial charge in [0.25, 0.3) is 0 Å². The normalized spacial score (nSPS) is 34.2. The molecule has 0 aliphatic heterocycles. The van der Waals surface area contributed by atoms with Gasteiger partial charge in [-0.05, 0) is 104 Å². The summed E-state index contributed by atoms with van der Waals surface area (Å²) in [7, 11) is 0. The Morgan fingerprint density at radius 2 is 1.62 bits per heavy atom. The summed E-state index contributed by atoms with van der Waals surface area (Å²) >= 11 is 0. The third-order valence-corrected chi connectivity index (χ3v) is 8.08. The van der Waals surface area contributed by atoms with Crippen LogP contribution in [-0.4, -0.2) is 0 Å². The highest BCUT2D eigenvalue weighted by Crippen LogP contribution is 2.49. The van der Waals surface area contributed by atoms with Crippen molar-refractivity contribution < 1.29 is 4.39 Å². The largest absolute Gasteiger partial charge is 0.207 e. The minimum atomic E-state index is -0.0570. The molecular formula is C25H37F. The summed E-state index contributed by atoms with van der Waals surface area (Å²) in [6, 6.07) is 5.50. The van der Waals surface area contributed by atoms with Gasteiger partial charge in [-0.15, -0.1) is 0 Å². The highest BCUT2D eigenvalue weighted by atomic mass is 19.1. The van der Waals surface area contributed by atoms with Crippen LogP contribution >= 0.6 is 0 Å². The molecule has 0 heterocycles. The number of hydrogen-bond acceptors (Lipinski definition) is 0. The van der Waals surface area contributed by atoms with Crippen LogP contribution in [0.5, 0.6) is 0 Å². The van der Waals surface area contributed by atoms with E-state index in [1.807, 2.05) is 0 Å². The summed E-state index contributed by atoms with van der Waals surface area (Å²) in [5, 5.41) is 0. The summed E-state index contributed by atoms with van der Waals surface area (Å²) in [5.41, 5.74) is 2.71. The van der Waals surface area contributed by atoms with E-state index in [1.54, 1.807) is 12.1 Å². The number of halogens is 1. The second kappa shape index (κ2) is 8.44. The lowest BCUT2D eigenvalue weighted by atomic mass is 9.61. The molecule has 0 aromatic heterocycles. The third-order valence-electron chi connectivity index (χ3n) is 8.08. The molecule has 0 bridgehead atoms. The van der Waals surface area contributed by atoms with E-state index in [1.165, 1.54) is 88.2 Å². The maximum atomic E-state index is 13.5. The van der Waals surface area contributed by atoms with Crippen molar-refractivity contribution >= 4 is 0 Å². The highest BCUT2D eigenvalue weighted by molar-refractivity contribution is 5.30. The molecule has 1 aromatic rings. The molecule has 2 fully saturated rings. The Hall–Kier alpha value is -0.850. The summed E-state index contributed by atoms with van der Waals surface area (Å²) < 4.78 is 13.5. The van der Waals surface area contributed by atoms with Gasteiger partial charge >= 0.3 is 0 Å². The summed E-state index contributed by atoms with van der Waals surface area (Å²) in [6.45, 7) is 2.32. The fourth-order valence-corrected chi connectivity index (χ4v) is 6.55. The lowest BCUT2D eigenvalue weighted by molar-refractivity contribution is 0.0690. The second-order valence-electron chi connectivity index (χ2n) is 9.68. The Labute approximate surface area is 160 Å². The maximum absolute atomic E-state index is 13.5. The molecule has 0 spiro atoms.